The van der Waals surface area contributed by atoms with Crippen molar-refractivity contribution in [1.29, 1.82) is 0 Å². The second kappa shape index (κ2) is 3.98. The molecule has 5 atom stereocenters. The fourth-order valence-electron chi connectivity index (χ4n) is 4.51. The van der Waals surface area contributed by atoms with Crippen LogP contribution in [-0.4, -0.2) is 26.0 Å². The molecule has 102 valence electrons. The molecule has 2 saturated carbocycles. The van der Waals surface area contributed by atoms with E-state index >= 15 is 0 Å². The Kier molecular flexibility index (Phi) is 2.47. The minimum Gasteiger partial charge on any atom is -0.490 e. The van der Waals surface area contributed by atoms with Gasteiger partial charge in [-0.2, -0.15) is 0 Å². The van der Waals surface area contributed by atoms with Crippen molar-refractivity contribution in [2.24, 2.45) is 23.7 Å². The Morgan fingerprint density at radius 3 is 2.47 bits per heavy atom. The van der Waals surface area contributed by atoms with Gasteiger partial charge in [0.2, 0.25) is 0 Å². The van der Waals surface area contributed by atoms with E-state index in [0.717, 1.165) is 12.2 Å². The van der Waals surface area contributed by atoms with Crippen molar-refractivity contribution in [3.63, 3.8) is 0 Å². The van der Waals surface area contributed by atoms with Gasteiger partial charge in [0.1, 0.15) is 11.9 Å². The molecule has 2 bridgehead atoms. The van der Waals surface area contributed by atoms with Crippen molar-refractivity contribution in [2.75, 3.05) is 11.5 Å². The lowest BCUT2D eigenvalue weighted by atomic mass is 9.80. The number of hydrogen-bond acceptors (Lipinski definition) is 3. The smallest absolute Gasteiger partial charge is 0.150 e. The summed E-state index contributed by atoms with van der Waals surface area (Å²) in [5.41, 5.74) is 0. The Bertz CT molecular complexity index is 581. The summed E-state index contributed by atoms with van der Waals surface area (Å²) in [6.45, 7) is 0. The number of sulfone groups is 1. The van der Waals surface area contributed by atoms with Gasteiger partial charge in [0, 0.05) is 5.92 Å². The summed E-state index contributed by atoms with van der Waals surface area (Å²) >= 11 is 0. The first-order valence-electron chi connectivity index (χ1n) is 7.04. The van der Waals surface area contributed by atoms with E-state index in [2.05, 4.69) is 0 Å². The molecular weight excluding hydrogens is 260 g/mol. The molecule has 1 heterocycles. The first kappa shape index (κ1) is 11.8. The van der Waals surface area contributed by atoms with Crippen molar-refractivity contribution in [3.05, 3.63) is 30.3 Å². The van der Waals surface area contributed by atoms with Crippen LogP contribution in [-0.2, 0) is 9.84 Å². The normalized spacial score (nSPS) is 42.2. The van der Waals surface area contributed by atoms with E-state index < -0.39 is 9.84 Å². The molecule has 0 spiro atoms. The number of fused-ring (bicyclic) bond motifs is 5. The van der Waals surface area contributed by atoms with E-state index in [1.165, 1.54) is 6.42 Å². The molecule has 0 aromatic heterocycles. The zero-order valence-electron chi connectivity index (χ0n) is 10.7. The Labute approximate surface area is 113 Å². The number of hydrogen-bond donors (Lipinski definition) is 0. The van der Waals surface area contributed by atoms with Crippen molar-refractivity contribution in [3.8, 4) is 5.75 Å². The molecule has 4 heteroatoms. The fraction of sp³-hybridized carbons (Fsp3) is 0.600. The number of benzene rings is 1. The maximum absolute atomic E-state index is 11.8. The molecule has 3 nitrogen and oxygen atoms in total. The summed E-state index contributed by atoms with van der Waals surface area (Å²) in [5, 5.41) is 0. The first-order valence-corrected chi connectivity index (χ1v) is 8.87. The predicted molar refractivity (Wildman–Crippen MR) is 72.7 cm³/mol. The number of ether oxygens (including phenoxy) is 1. The highest BCUT2D eigenvalue weighted by Gasteiger charge is 2.58. The first-order chi connectivity index (χ1) is 9.12. The van der Waals surface area contributed by atoms with E-state index in [1.807, 2.05) is 30.3 Å². The Hall–Kier alpha value is -1.03. The average Bonchev–Trinajstić information content (AvgIpc) is 2.99. The van der Waals surface area contributed by atoms with E-state index in [9.17, 15) is 8.42 Å². The quantitative estimate of drug-likeness (QED) is 0.832. The second-order valence-electron chi connectivity index (χ2n) is 6.27. The zero-order valence-corrected chi connectivity index (χ0v) is 11.6. The van der Waals surface area contributed by atoms with Crippen LogP contribution in [0.15, 0.2) is 30.3 Å². The highest BCUT2D eigenvalue weighted by molar-refractivity contribution is 7.91. The maximum atomic E-state index is 11.8. The predicted octanol–water partition coefficient (Wildman–Crippen LogP) is 2.13. The van der Waals surface area contributed by atoms with Gasteiger partial charge in [-0.3, -0.25) is 0 Å². The van der Waals surface area contributed by atoms with Crippen LogP contribution in [0.3, 0.4) is 0 Å². The van der Waals surface area contributed by atoms with Gasteiger partial charge in [-0.15, -0.1) is 0 Å². The molecule has 2 aliphatic carbocycles. The minimum absolute atomic E-state index is 0.224. The van der Waals surface area contributed by atoms with E-state index in [4.69, 9.17) is 4.74 Å². The maximum Gasteiger partial charge on any atom is 0.150 e. The topological polar surface area (TPSA) is 43.4 Å². The van der Waals surface area contributed by atoms with Gasteiger partial charge in [0.05, 0.1) is 11.5 Å². The van der Waals surface area contributed by atoms with Crippen LogP contribution >= 0.6 is 0 Å². The standard InChI is InChI=1S/C15H18O3S/c16-19(17)8-13-10-6-12(14(13)9-19)15(7-10)18-11-4-2-1-3-5-11/h1-5,10,12-15H,6-9H2/t10-,12+,13+,14+,15-/m0/s1. The van der Waals surface area contributed by atoms with E-state index in [1.54, 1.807) is 0 Å². The SMILES string of the molecule is O=S1(=O)C[C@H]2[C@H](C1)[C@H]1C[C@H]2[C@@H](Oc2ccccc2)C1. The molecule has 0 radical (unpaired) electrons. The van der Waals surface area contributed by atoms with Crippen molar-refractivity contribution < 1.29 is 13.2 Å². The van der Waals surface area contributed by atoms with Crippen molar-refractivity contribution in [1.82, 2.24) is 0 Å². The molecule has 1 saturated heterocycles. The van der Waals surface area contributed by atoms with Crippen LogP contribution in [0.5, 0.6) is 5.75 Å². The summed E-state index contributed by atoms with van der Waals surface area (Å²) in [6.07, 6.45) is 2.43. The lowest BCUT2D eigenvalue weighted by Crippen LogP contribution is -2.34. The molecule has 0 amide bonds. The average molecular weight is 278 g/mol. The molecule has 0 unspecified atom stereocenters. The third kappa shape index (κ3) is 1.88. The van der Waals surface area contributed by atoms with Gasteiger partial charge < -0.3 is 4.74 Å². The number of rotatable bonds is 2. The van der Waals surface area contributed by atoms with Gasteiger partial charge >= 0.3 is 0 Å². The van der Waals surface area contributed by atoms with E-state index in [0.29, 0.717) is 35.2 Å². The molecule has 0 N–H and O–H groups in total. The fourth-order valence-corrected chi connectivity index (χ4v) is 6.83. The van der Waals surface area contributed by atoms with E-state index in [-0.39, 0.29) is 6.10 Å². The molecule has 1 aromatic carbocycles. The lowest BCUT2D eigenvalue weighted by molar-refractivity contribution is 0.0911. The molecule has 1 aliphatic heterocycles. The van der Waals surface area contributed by atoms with Gasteiger partial charge in [0.25, 0.3) is 0 Å². The van der Waals surface area contributed by atoms with Crippen LogP contribution in [0, 0.1) is 23.7 Å². The number of para-hydroxylation sites is 1. The van der Waals surface area contributed by atoms with Crippen LogP contribution in [0.4, 0.5) is 0 Å². The van der Waals surface area contributed by atoms with Crippen LogP contribution in [0.1, 0.15) is 12.8 Å². The molecule has 4 rings (SSSR count). The minimum atomic E-state index is -2.78. The summed E-state index contributed by atoms with van der Waals surface area (Å²) in [4.78, 5) is 0. The second-order valence-corrected chi connectivity index (χ2v) is 8.42. The molecule has 3 fully saturated rings. The Morgan fingerprint density at radius 2 is 1.68 bits per heavy atom. The highest BCUT2D eigenvalue weighted by Crippen LogP contribution is 2.56. The summed E-state index contributed by atoms with van der Waals surface area (Å²) in [5.74, 6) is 3.54. The van der Waals surface area contributed by atoms with Gasteiger partial charge in [-0.1, -0.05) is 18.2 Å². The zero-order chi connectivity index (χ0) is 13.0. The monoisotopic (exact) mass is 278 g/mol. The van der Waals surface area contributed by atoms with Crippen LogP contribution in [0.2, 0.25) is 0 Å². The van der Waals surface area contributed by atoms with Gasteiger partial charge in [-0.05, 0) is 42.7 Å². The van der Waals surface area contributed by atoms with Crippen LogP contribution in [0.25, 0.3) is 0 Å². The lowest BCUT2D eigenvalue weighted by Gasteiger charge is -2.30. The van der Waals surface area contributed by atoms with Gasteiger partial charge in [-0.25, -0.2) is 8.42 Å². The Morgan fingerprint density at radius 1 is 0.947 bits per heavy atom. The summed E-state index contributed by atoms with van der Waals surface area (Å²) in [6, 6.07) is 9.90. The summed E-state index contributed by atoms with van der Waals surface area (Å²) in [7, 11) is -2.78. The third-order valence-electron chi connectivity index (χ3n) is 5.22. The van der Waals surface area contributed by atoms with Crippen molar-refractivity contribution >= 4 is 9.84 Å². The molecule has 3 aliphatic rings. The molecule has 1 aromatic rings. The highest BCUT2D eigenvalue weighted by atomic mass is 32.2. The summed E-state index contributed by atoms with van der Waals surface area (Å²) < 4.78 is 29.7. The third-order valence-corrected chi connectivity index (χ3v) is 7.00. The Balaban J connectivity index is 1.54. The van der Waals surface area contributed by atoms with Gasteiger partial charge in [0.15, 0.2) is 9.84 Å². The molecular formula is C15H18O3S. The van der Waals surface area contributed by atoms with Crippen molar-refractivity contribution in [2.45, 2.75) is 18.9 Å². The molecule has 19 heavy (non-hydrogen) atoms. The van der Waals surface area contributed by atoms with Crippen LogP contribution < -0.4 is 4.74 Å². The largest absolute Gasteiger partial charge is 0.490 e.